The van der Waals surface area contributed by atoms with Gasteiger partial charge in [0.15, 0.2) is 0 Å². The molecule has 0 aliphatic carbocycles. The molecule has 0 fully saturated rings. The van der Waals surface area contributed by atoms with Crippen LogP contribution < -0.4 is 5.56 Å². The van der Waals surface area contributed by atoms with Crippen molar-refractivity contribution in [1.82, 2.24) is 9.97 Å². The van der Waals surface area contributed by atoms with Gasteiger partial charge in [-0.2, -0.15) is 0 Å². The van der Waals surface area contributed by atoms with Crippen LogP contribution in [-0.4, -0.2) is 9.97 Å². The minimum Gasteiger partial charge on any atom is -0.307 e. The Morgan fingerprint density at radius 1 is 0.800 bits per heavy atom. The fourth-order valence-corrected chi connectivity index (χ4v) is 3.74. The van der Waals surface area contributed by atoms with Gasteiger partial charge in [-0.15, -0.1) is 0 Å². The van der Waals surface area contributed by atoms with Crippen LogP contribution in [0.1, 0.15) is 48.1 Å². The highest BCUT2D eigenvalue weighted by molar-refractivity contribution is 5.54. The zero-order chi connectivity index (χ0) is 20.9. The van der Waals surface area contributed by atoms with Gasteiger partial charge in [-0.05, 0) is 29.0 Å². The number of hydrogen-bond acceptors (Lipinski definition) is 2. The van der Waals surface area contributed by atoms with E-state index in [1.807, 2.05) is 36.4 Å². The third kappa shape index (κ3) is 4.57. The molecule has 3 aromatic carbocycles. The van der Waals surface area contributed by atoms with Crippen molar-refractivity contribution in [3.63, 3.8) is 0 Å². The number of nitrogens with zero attached hydrogens (tertiary/aromatic N) is 1. The highest BCUT2D eigenvalue weighted by Gasteiger charge is 2.19. The van der Waals surface area contributed by atoms with Crippen molar-refractivity contribution in [3.05, 3.63) is 124 Å². The number of benzene rings is 3. The van der Waals surface area contributed by atoms with Gasteiger partial charge in [-0.25, -0.2) is 4.98 Å². The van der Waals surface area contributed by atoms with E-state index in [1.54, 1.807) is 6.07 Å². The van der Waals surface area contributed by atoms with Crippen LogP contribution in [0.2, 0.25) is 0 Å². The minimum absolute atomic E-state index is 0.00151. The molecule has 150 valence electrons. The Morgan fingerprint density at radius 2 is 1.40 bits per heavy atom. The fourth-order valence-electron chi connectivity index (χ4n) is 3.74. The van der Waals surface area contributed by atoms with Gasteiger partial charge in [-0.1, -0.05) is 98.8 Å². The molecule has 1 N–H and O–H groups in total. The number of H-pyrrole nitrogens is 1. The lowest BCUT2D eigenvalue weighted by atomic mass is 9.87. The number of nitrogens with one attached hydrogen (secondary N) is 1. The van der Waals surface area contributed by atoms with E-state index >= 15 is 0 Å². The molecule has 1 atom stereocenters. The largest absolute Gasteiger partial charge is 0.307 e. The van der Waals surface area contributed by atoms with Crippen LogP contribution >= 0.6 is 0 Å². The Balaban J connectivity index is 1.79. The number of aromatic nitrogens is 2. The summed E-state index contributed by atoms with van der Waals surface area (Å²) in [6.07, 6.45) is 0.784. The zero-order valence-corrected chi connectivity index (χ0v) is 17.4. The molecule has 4 rings (SSSR count). The van der Waals surface area contributed by atoms with E-state index < -0.39 is 0 Å². The lowest BCUT2D eigenvalue weighted by Crippen LogP contribution is -2.15. The number of aromatic amines is 1. The second kappa shape index (κ2) is 8.91. The van der Waals surface area contributed by atoms with Gasteiger partial charge in [-0.3, -0.25) is 4.79 Å². The molecule has 0 saturated heterocycles. The van der Waals surface area contributed by atoms with E-state index in [-0.39, 0.29) is 11.5 Å². The van der Waals surface area contributed by atoms with Crippen molar-refractivity contribution in [2.45, 2.75) is 32.1 Å². The first-order chi connectivity index (χ1) is 14.6. The van der Waals surface area contributed by atoms with E-state index in [0.717, 1.165) is 17.7 Å². The van der Waals surface area contributed by atoms with Crippen LogP contribution in [0.3, 0.4) is 0 Å². The predicted octanol–water partition coefficient (Wildman–Crippen LogP) is 5.93. The summed E-state index contributed by atoms with van der Waals surface area (Å²) in [5, 5.41) is 0. The molecule has 0 radical (unpaired) electrons. The second-order valence-corrected chi connectivity index (χ2v) is 7.95. The van der Waals surface area contributed by atoms with E-state index in [2.05, 4.69) is 67.4 Å². The monoisotopic (exact) mass is 394 g/mol. The molecular weight excluding hydrogens is 368 g/mol. The van der Waals surface area contributed by atoms with Gasteiger partial charge >= 0.3 is 0 Å². The van der Waals surface area contributed by atoms with Crippen LogP contribution in [0.15, 0.2) is 95.8 Å². The maximum absolute atomic E-state index is 12.5. The molecule has 1 heterocycles. The van der Waals surface area contributed by atoms with Crippen molar-refractivity contribution >= 4 is 0 Å². The molecule has 1 unspecified atom stereocenters. The third-order valence-corrected chi connectivity index (χ3v) is 5.45. The van der Waals surface area contributed by atoms with Crippen molar-refractivity contribution in [3.8, 4) is 11.4 Å². The summed E-state index contributed by atoms with van der Waals surface area (Å²) in [6, 6.07) is 30.5. The van der Waals surface area contributed by atoms with Crippen molar-refractivity contribution in [2.24, 2.45) is 0 Å². The van der Waals surface area contributed by atoms with Gasteiger partial charge in [0.1, 0.15) is 5.82 Å². The molecule has 0 spiro atoms. The summed E-state index contributed by atoms with van der Waals surface area (Å²) in [7, 11) is 0. The van der Waals surface area contributed by atoms with Crippen molar-refractivity contribution in [1.29, 1.82) is 0 Å². The predicted molar refractivity (Wildman–Crippen MR) is 123 cm³/mol. The maximum atomic E-state index is 12.5. The van der Waals surface area contributed by atoms with Crippen LogP contribution in [0, 0.1) is 0 Å². The van der Waals surface area contributed by atoms with Crippen molar-refractivity contribution < 1.29 is 0 Å². The van der Waals surface area contributed by atoms with Gasteiger partial charge in [0, 0.05) is 17.5 Å². The topological polar surface area (TPSA) is 45.8 Å². The molecular formula is C27H26N2O. The van der Waals surface area contributed by atoms with Gasteiger partial charge in [0.05, 0.1) is 5.69 Å². The second-order valence-electron chi connectivity index (χ2n) is 7.95. The standard InChI is InChI=1S/C27H26N2O/c1-19(2)21-13-15-22(16-14-21)24(17-20-9-5-3-6-10-20)25-18-26(30)29-27(28-25)23-11-7-4-8-12-23/h3-16,18-19,24H,17H2,1-2H3,(H,28,29,30). The van der Waals surface area contributed by atoms with Crippen LogP contribution in [-0.2, 0) is 6.42 Å². The molecule has 0 amide bonds. The van der Waals surface area contributed by atoms with E-state index in [0.29, 0.717) is 11.7 Å². The molecule has 0 bridgehead atoms. The van der Waals surface area contributed by atoms with Gasteiger partial charge in [0.2, 0.25) is 0 Å². The molecule has 3 heteroatoms. The lowest BCUT2D eigenvalue weighted by Gasteiger charge is -2.19. The Labute approximate surface area is 177 Å². The average molecular weight is 395 g/mol. The average Bonchev–Trinajstić information content (AvgIpc) is 2.78. The van der Waals surface area contributed by atoms with Gasteiger partial charge < -0.3 is 4.98 Å². The fraction of sp³-hybridized carbons (Fsp3) is 0.185. The zero-order valence-electron chi connectivity index (χ0n) is 17.4. The highest BCUT2D eigenvalue weighted by Crippen LogP contribution is 2.29. The lowest BCUT2D eigenvalue weighted by molar-refractivity contribution is 0.764. The van der Waals surface area contributed by atoms with Crippen LogP contribution in [0.4, 0.5) is 0 Å². The van der Waals surface area contributed by atoms with Crippen LogP contribution in [0.5, 0.6) is 0 Å². The molecule has 1 aromatic heterocycles. The Hall–Kier alpha value is -3.46. The van der Waals surface area contributed by atoms with E-state index in [4.69, 9.17) is 4.98 Å². The first-order valence-corrected chi connectivity index (χ1v) is 10.4. The Bertz CT molecular complexity index is 1150. The highest BCUT2D eigenvalue weighted by atomic mass is 16.1. The summed E-state index contributed by atoms with van der Waals surface area (Å²) in [6.45, 7) is 4.39. The third-order valence-electron chi connectivity index (χ3n) is 5.45. The molecule has 30 heavy (non-hydrogen) atoms. The van der Waals surface area contributed by atoms with E-state index in [1.165, 1.54) is 16.7 Å². The summed E-state index contributed by atoms with van der Waals surface area (Å²) < 4.78 is 0. The minimum atomic E-state index is -0.129. The summed E-state index contributed by atoms with van der Waals surface area (Å²) >= 11 is 0. The van der Waals surface area contributed by atoms with Gasteiger partial charge in [0.25, 0.3) is 5.56 Å². The number of hydrogen-bond donors (Lipinski definition) is 1. The maximum Gasteiger partial charge on any atom is 0.251 e. The quantitative estimate of drug-likeness (QED) is 0.440. The Morgan fingerprint density at radius 3 is 2.03 bits per heavy atom. The van der Waals surface area contributed by atoms with E-state index in [9.17, 15) is 4.79 Å². The molecule has 0 aliphatic heterocycles. The molecule has 3 nitrogen and oxygen atoms in total. The first-order valence-electron chi connectivity index (χ1n) is 10.4. The first kappa shape index (κ1) is 19.8. The van der Waals surface area contributed by atoms with Crippen LogP contribution in [0.25, 0.3) is 11.4 Å². The molecule has 0 aliphatic rings. The van der Waals surface area contributed by atoms with Crippen molar-refractivity contribution in [2.75, 3.05) is 0 Å². The smallest absolute Gasteiger partial charge is 0.251 e. The number of rotatable bonds is 6. The normalized spacial score (nSPS) is 12.1. The summed E-state index contributed by atoms with van der Waals surface area (Å²) in [5.41, 5.74) is 5.26. The summed E-state index contributed by atoms with van der Waals surface area (Å²) in [5.74, 6) is 1.09. The SMILES string of the molecule is CC(C)c1ccc(C(Cc2ccccc2)c2cc(=O)[nH]c(-c3ccccc3)n2)cc1. The molecule has 4 aromatic rings. The molecule has 0 saturated carbocycles. The summed E-state index contributed by atoms with van der Waals surface area (Å²) in [4.78, 5) is 20.3. The Kier molecular flexibility index (Phi) is 5.89.